The van der Waals surface area contributed by atoms with E-state index in [1.54, 1.807) is 6.92 Å². The first-order valence-corrected chi connectivity index (χ1v) is 11.1. The van der Waals surface area contributed by atoms with Crippen molar-refractivity contribution in [3.63, 3.8) is 0 Å². The average molecular weight is 373 g/mol. The molecule has 0 N–H and O–H groups in total. The number of thioether (sulfide) groups is 1. The van der Waals surface area contributed by atoms with Gasteiger partial charge in [-0.05, 0) is 84.9 Å². The van der Waals surface area contributed by atoms with Crippen LogP contribution in [-0.4, -0.2) is 16.7 Å². The van der Waals surface area contributed by atoms with Crippen LogP contribution in [0.2, 0.25) is 0 Å². The minimum Gasteiger partial charge on any atom is -0.299 e. The van der Waals surface area contributed by atoms with Crippen molar-refractivity contribution in [2.24, 2.45) is 40.4 Å². The first-order chi connectivity index (χ1) is 12.3. The summed E-state index contributed by atoms with van der Waals surface area (Å²) in [6.45, 7) is 6.19. The second kappa shape index (κ2) is 5.33. The summed E-state index contributed by atoms with van der Waals surface area (Å²) in [6, 6.07) is 0. The van der Waals surface area contributed by atoms with Gasteiger partial charge in [-0.2, -0.15) is 0 Å². The van der Waals surface area contributed by atoms with Crippen molar-refractivity contribution in [2.75, 3.05) is 0 Å². The maximum absolute atomic E-state index is 12.9. The van der Waals surface area contributed by atoms with Crippen LogP contribution >= 0.6 is 11.8 Å². The molecule has 1 unspecified atom stereocenters. The molecule has 0 aromatic rings. The standard InChI is InChI=1S/C22H28O3S/c1-11(23)26-20-16-5-4-12-14-6-7-18(24)21(14,2)9-8-15(12)22(16,3)17-10-13(17)19(20)25/h12-15,17H,4-10H2,1-3H3/t12-,13-,14-,15-,17?,21-,22+/m0/s1. The first-order valence-electron chi connectivity index (χ1n) is 10.3. The molecule has 0 aliphatic heterocycles. The van der Waals surface area contributed by atoms with Crippen LogP contribution in [0.1, 0.15) is 65.7 Å². The van der Waals surface area contributed by atoms with Crippen molar-refractivity contribution >= 4 is 28.4 Å². The van der Waals surface area contributed by atoms with Gasteiger partial charge in [0.15, 0.2) is 10.9 Å². The zero-order valence-electron chi connectivity index (χ0n) is 16.0. The van der Waals surface area contributed by atoms with E-state index in [1.807, 2.05) is 0 Å². The van der Waals surface area contributed by atoms with Gasteiger partial charge in [0.2, 0.25) is 0 Å². The van der Waals surface area contributed by atoms with Crippen molar-refractivity contribution in [3.05, 3.63) is 10.5 Å². The third-order valence-electron chi connectivity index (χ3n) is 8.94. The monoisotopic (exact) mass is 372 g/mol. The number of hydrogen-bond acceptors (Lipinski definition) is 4. The van der Waals surface area contributed by atoms with E-state index in [1.165, 1.54) is 17.3 Å². The summed E-state index contributed by atoms with van der Waals surface area (Å²) in [6.07, 6.45) is 7.00. The Morgan fingerprint density at radius 2 is 1.81 bits per heavy atom. The Balaban J connectivity index is 1.57. The predicted octanol–water partition coefficient (Wildman–Crippen LogP) is 4.55. The summed E-state index contributed by atoms with van der Waals surface area (Å²) in [5, 5.41) is 0.0297. The Morgan fingerprint density at radius 1 is 1.04 bits per heavy atom. The van der Waals surface area contributed by atoms with Crippen LogP contribution in [0.25, 0.3) is 0 Å². The predicted molar refractivity (Wildman–Crippen MR) is 101 cm³/mol. The molecule has 0 aromatic heterocycles. The molecule has 0 spiro atoms. The van der Waals surface area contributed by atoms with Crippen LogP contribution in [0.4, 0.5) is 0 Å². The fourth-order valence-electron chi connectivity index (χ4n) is 7.59. The molecular weight excluding hydrogens is 344 g/mol. The lowest BCUT2D eigenvalue weighted by molar-refractivity contribution is -0.132. The average Bonchev–Trinajstić information content (AvgIpc) is 3.34. The number of carbonyl (C=O) groups excluding carboxylic acids is 3. The molecule has 5 aliphatic carbocycles. The fourth-order valence-corrected chi connectivity index (χ4v) is 8.57. The molecule has 26 heavy (non-hydrogen) atoms. The second-order valence-corrected chi connectivity index (χ2v) is 11.0. The molecule has 0 amide bonds. The largest absolute Gasteiger partial charge is 0.299 e. The van der Waals surface area contributed by atoms with Crippen molar-refractivity contribution in [3.8, 4) is 0 Å². The van der Waals surface area contributed by atoms with E-state index < -0.39 is 0 Å². The van der Waals surface area contributed by atoms with E-state index in [9.17, 15) is 14.4 Å². The lowest BCUT2D eigenvalue weighted by Crippen LogP contribution is -2.52. The topological polar surface area (TPSA) is 51.2 Å². The van der Waals surface area contributed by atoms with Crippen LogP contribution in [-0.2, 0) is 14.4 Å². The number of allylic oxidation sites excluding steroid dienone is 1. The molecule has 7 atom stereocenters. The van der Waals surface area contributed by atoms with Crippen LogP contribution in [0.5, 0.6) is 0 Å². The van der Waals surface area contributed by atoms with Gasteiger partial charge in [0.05, 0.1) is 4.91 Å². The maximum Gasteiger partial charge on any atom is 0.190 e. The van der Waals surface area contributed by atoms with E-state index in [0.29, 0.717) is 29.5 Å². The number of rotatable bonds is 1. The molecule has 140 valence electrons. The number of Topliss-reactive ketones (excluding diaryl/α,β-unsaturated/α-hetero) is 2. The van der Waals surface area contributed by atoms with E-state index in [0.717, 1.165) is 49.9 Å². The van der Waals surface area contributed by atoms with Gasteiger partial charge in [-0.3, -0.25) is 14.4 Å². The van der Waals surface area contributed by atoms with Gasteiger partial charge in [-0.1, -0.05) is 13.8 Å². The lowest BCUT2D eigenvalue weighted by atomic mass is 9.47. The van der Waals surface area contributed by atoms with Crippen LogP contribution in [0.3, 0.4) is 0 Å². The highest BCUT2D eigenvalue weighted by atomic mass is 32.2. The van der Waals surface area contributed by atoms with E-state index >= 15 is 0 Å². The molecule has 3 nitrogen and oxygen atoms in total. The summed E-state index contributed by atoms with van der Waals surface area (Å²) in [5.41, 5.74) is 1.28. The van der Waals surface area contributed by atoms with Crippen LogP contribution in [0, 0.1) is 40.4 Å². The Morgan fingerprint density at radius 3 is 2.54 bits per heavy atom. The molecule has 5 aliphatic rings. The van der Waals surface area contributed by atoms with Crippen molar-refractivity contribution < 1.29 is 14.4 Å². The molecular formula is C22H28O3S. The Bertz CT molecular complexity index is 767. The van der Waals surface area contributed by atoms with Crippen LogP contribution < -0.4 is 0 Å². The lowest BCUT2D eigenvalue weighted by Gasteiger charge is -2.57. The molecule has 0 heterocycles. The highest BCUT2D eigenvalue weighted by Crippen LogP contribution is 2.72. The minimum atomic E-state index is -0.0941. The molecule has 0 aromatic carbocycles. The zero-order chi connectivity index (χ0) is 18.4. The zero-order valence-corrected chi connectivity index (χ0v) is 16.8. The number of carbonyl (C=O) groups is 3. The molecule has 0 saturated heterocycles. The molecule has 4 heteroatoms. The smallest absolute Gasteiger partial charge is 0.190 e. The van der Waals surface area contributed by atoms with Crippen molar-refractivity contribution in [2.45, 2.75) is 65.7 Å². The Kier molecular flexibility index (Phi) is 3.53. The first kappa shape index (κ1) is 17.2. The Hall–Kier alpha value is -0.900. The molecule has 4 fully saturated rings. The molecule has 0 bridgehead atoms. The van der Waals surface area contributed by atoms with E-state index in [4.69, 9.17) is 0 Å². The summed E-state index contributed by atoms with van der Waals surface area (Å²) in [5.74, 6) is 3.11. The van der Waals surface area contributed by atoms with Gasteiger partial charge in [0.25, 0.3) is 0 Å². The van der Waals surface area contributed by atoms with Gasteiger partial charge in [-0.25, -0.2) is 0 Å². The van der Waals surface area contributed by atoms with Gasteiger partial charge < -0.3 is 0 Å². The maximum atomic E-state index is 12.9. The summed E-state index contributed by atoms with van der Waals surface area (Å²) < 4.78 is 0. The van der Waals surface area contributed by atoms with Gasteiger partial charge in [-0.15, -0.1) is 0 Å². The summed E-state index contributed by atoms with van der Waals surface area (Å²) >= 11 is 1.19. The van der Waals surface area contributed by atoms with Crippen molar-refractivity contribution in [1.82, 2.24) is 0 Å². The third kappa shape index (κ3) is 2.00. The number of hydrogen-bond donors (Lipinski definition) is 0. The van der Waals surface area contributed by atoms with Gasteiger partial charge >= 0.3 is 0 Å². The normalized spacial score (nSPS) is 49.3. The molecule has 0 radical (unpaired) electrons. The number of fused-ring (bicyclic) bond motifs is 7. The summed E-state index contributed by atoms with van der Waals surface area (Å²) in [4.78, 5) is 38.0. The van der Waals surface area contributed by atoms with Gasteiger partial charge in [0, 0.05) is 24.7 Å². The SMILES string of the molecule is CC(=O)SC1=C2CC[C@H]3[C@@H]4CCC(=O)[C@@]4(C)CC[C@@H]3[C@@]2(C)C2C[C@@H]2C1=O. The number of ketones is 2. The molecule has 5 rings (SSSR count). The third-order valence-corrected chi connectivity index (χ3v) is 9.87. The van der Waals surface area contributed by atoms with E-state index in [2.05, 4.69) is 13.8 Å². The Labute approximate surface area is 159 Å². The quantitative estimate of drug-likeness (QED) is 0.677. The van der Waals surface area contributed by atoms with Crippen molar-refractivity contribution in [1.29, 1.82) is 0 Å². The van der Waals surface area contributed by atoms with Gasteiger partial charge in [0.1, 0.15) is 5.78 Å². The summed E-state index contributed by atoms with van der Waals surface area (Å²) in [7, 11) is 0. The minimum absolute atomic E-state index is 0.0297. The molecule has 4 saturated carbocycles. The van der Waals surface area contributed by atoms with Crippen LogP contribution in [0.15, 0.2) is 10.5 Å². The second-order valence-electron chi connectivity index (χ2n) is 9.83. The highest BCUT2D eigenvalue weighted by molar-refractivity contribution is 8.17. The fraction of sp³-hybridized carbons (Fsp3) is 0.773. The highest BCUT2D eigenvalue weighted by Gasteiger charge is 2.67. The van der Waals surface area contributed by atoms with E-state index in [-0.39, 0.29) is 27.6 Å².